The summed E-state index contributed by atoms with van der Waals surface area (Å²) >= 11 is 6.82. The van der Waals surface area contributed by atoms with Gasteiger partial charge in [0.1, 0.15) is 11.6 Å². The smallest absolute Gasteiger partial charge is 0.328 e. The second kappa shape index (κ2) is 6.06. The summed E-state index contributed by atoms with van der Waals surface area (Å²) in [6.07, 6.45) is 0. The van der Waals surface area contributed by atoms with Crippen LogP contribution in [0, 0.1) is 0 Å². The van der Waals surface area contributed by atoms with E-state index in [4.69, 9.17) is 4.74 Å². The van der Waals surface area contributed by atoms with Gasteiger partial charge in [0.15, 0.2) is 0 Å². The van der Waals surface area contributed by atoms with Gasteiger partial charge in [-0.2, -0.15) is 0 Å². The highest BCUT2D eigenvalue weighted by Crippen LogP contribution is 2.26. The first kappa shape index (κ1) is 15.5. The molecule has 1 unspecified atom stereocenters. The number of hydrogen-bond acceptors (Lipinski definition) is 3. The lowest BCUT2D eigenvalue weighted by molar-refractivity contribution is -0.155. The van der Waals surface area contributed by atoms with Crippen LogP contribution in [0.25, 0.3) is 0 Å². The molecular formula is C13H17Br2NO2. The normalized spacial score (nSPS) is 13.0. The van der Waals surface area contributed by atoms with Crippen molar-refractivity contribution < 1.29 is 9.53 Å². The summed E-state index contributed by atoms with van der Waals surface area (Å²) in [7, 11) is 0. The molecule has 0 heterocycles. The number of rotatable bonds is 3. The minimum Gasteiger partial charge on any atom is -0.458 e. The van der Waals surface area contributed by atoms with E-state index in [9.17, 15) is 4.79 Å². The van der Waals surface area contributed by atoms with Crippen LogP contribution in [0.2, 0.25) is 0 Å². The lowest BCUT2D eigenvalue weighted by atomic mass is 10.2. The van der Waals surface area contributed by atoms with Gasteiger partial charge >= 0.3 is 5.97 Å². The van der Waals surface area contributed by atoms with Gasteiger partial charge in [-0.3, -0.25) is 0 Å². The largest absolute Gasteiger partial charge is 0.458 e. The second-order valence-electron chi connectivity index (χ2n) is 5.02. The van der Waals surface area contributed by atoms with Crippen LogP contribution >= 0.6 is 31.9 Å². The highest BCUT2D eigenvalue weighted by atomic mass is 79.9. The first-order valence-electron chi connectivity index (χ1n) is 5.63. The van der Waals surface area contributed by atoms with Crippen LogP contribution in [0.1, 0.15) is 27.7 Å². The fourth-order valence-corrected chi connectivity index (χ4v) is 2.45. The fourth-order valence-electron chi connectivity index (χ4n) is 1.29. The standard InChI is InChI=1S/C13H17Br2NO2/c1-8(12(17)18-13(2,3)4)16-11-6-5-9(14)7-10(11)15/h5-8,16H,1-4H3. The lowest BCUT2D eigenvalue weighted by Crippen LogP contribution is -2.34. The SMILES string of the molecule is CC(Nc1ccc(Br)cc1Br)C(=O)OC(C)(C)C. The maximum atomic E-state index is 11.8. The minimum atomic E-state index is -0.468. The molecule has 1 rings (SSSR count). The van der Waals surface area contributed by atoms with E-state index in [0.29, 0.717) is 0 Å². The van der Waals surface area contributed by atoms with Crippen LogP contribution in [0.15, 0.2) is 27.1 Å². The summed E-state index contributed by atoms with van der Waals surface area (Å²) in [5, 5.41) is 3.12. The quantitative estimate of drug-likeness (QED) is 0.794. The first-order chi connectivity index (χ1) is 8.19. The van der Waals surface area contributed by atoms with Crippen LogP contribution in [-0.2, 0) is 9.53 Å². The summed E-state index contributed by atoms with van der Waals surface area (Å²) in [4.78, 5) is 11.8. The van der Waals surface area contributed by atoms with Crippen molar-refractivity contribution in [3.8, 4) is 0 Å². The van der Waals surface area contributed by atoms with Crippen LogP contribution in [0.4, 0.5) is 5.69 Å². The van der Waals surface area contributed by atoms with Crippen molar-refractivity contribution in [2.45, 2.75) is 39.3 Å². The first-order valence-corrected chi connectivity index (χ1v) is 7.22. The zero-order chi connectivity index (χ0) is 13.9. The summed E-state index contributed by atoms with van der Waals surface area (Å²) in [6.45, 7) is 7.34. The maximum absolute atomic E-state index is 11.8. The van der Waals surface area contributed by atoms with Gasteiger partial charge < -0.3 is 10.1 Å². The van der Waals surface area contributed by atoms with Gasteiger partial charge in [-0.15, -0.1) is 0 Å². The molecule has 1 aromatic carbocycles. The third-order valence-corrected chi connectivity index (χ3v) is 3.21. The van der Waals surface area contributed by atoms with Gasteiger partial charge in [0.2, 0.25) is 0 Å². The fraction of sp³-hybridized carbons (Fsp3) is 0.462. The van der Waals surface area contributed by atoms with Crippen LogP contribution < -0.4 is 5.32 Å². The van der Waals surface area contributed by atoms with Crippen molar-refractivity contribution in [1.82, 2.24) is 0 Å². The van der Waals surface area contributed by atoms with E-state index < -0.39 is 11.6 Å². The zero-order valence-electron chi connectivity index (χ0n) is 10.9. The topological polar surface area (TPSA) is 38.3 Å². The molecule has 0 aliphatic carbocycles. The third-order valence-electron chi connectivity index (χ3n) is 2.06. The van der Waals surface area contributed by atoms with E-state index in [1.54, 1.807) is 6.92 Å². The number of carbonyl (C=O) groups excluding carboxylic acids is 1. The lowest BCUT2D eigenvalue weighted by Gasteiger charge is -2.23. The molecule has 3 nitrogen and oxygen atoms in total. The Labute approximate surface area is 125 Å². The Hall–Kier alpha value is -0.550. The molecule has 0 spiro atoms. The molecule has 18 heavy (non-hydrogen) atoms. The number of esters is 1. The molecule has 1 atom stereocenters. The van der Waals surface area contributed by atoms with E-state index in [0.717, 1.165) is 14.6 Å². The number of halogens is 2. The van der Waals surface area contributed by atoms with Crippen molar-refractivity contribution in [1.29, 1.82) is 0 Å². The van der Waals surface area contributed by atoms with Crippen molar-refractivity contribution in [3.63, 3.8) is 0 Å². The number of ether oxygens (including phenoxy) is 1. The molecule has 0 fully saturated rings. The van der Waals surface area contributed by atoms with Gasteiger partial charge in [-0.1, -0.05) is 15.9 Å². The zero-order valence-corrected chi connectivity index (χ0v) is 14.1. The molecule has 0 amide bonds. The van der Waals surface area contributed by atoms with E-state index in [1.165, 1.54) is 0 Å². The van der Waals surface area contributed by atoms with Crippen molar-refractivity contribution in [3.05, 3.63) is 27.1 Å². The van der Waals surface area contributed by atoms with E-state index in [-0.39, 0.29) is 5.97 Å². The maximum Gasteiger partial charge on any atom is 0.328 e. The molecule has 0 aliphatic heterocycles. The molecule has 0 aromatic heterocycles. The third kappa shape index (κ3) is 4.98. The second-order valence-corrected chi connectivity index (χ2v) is 6.79. The van der Waals surface area contributed by atoms with E-state index >= 15 is 0 Å². The summed E-state index contributed by atoms with van der Waals surface area (Å²) < 4.78 is 7.18. The van der Waals surface area contributed by atoms with Crippen molar-refractivity contribution in [2.24, 2.45) is 0 Å². The van der Waals surface area contributed by atoms with Gasteiger partial charge in [0.05, 0.1) is 0 Å². The molecular weight excluding hydrogens is 362 g/mol. The Morgan fingerprint density at radius 1 is 1.33 bits per heavy atom. The van der Waals surface area contributed by atoms with Gasteiger partial charge in [-0.25, -0.2) is 4.79 Å². The summed E-state index contributed by atoms with van der Waals surface area (Å²) in [6, 6.07) is 5.33. The number of carbonyl (C=O) groups is 1. The minimum absolute atomic E-state index is 0.266. The van der Waals surface area contributed by atoms with E-state index in [2.05, 4.69) is 37.2 Å². The Kier molecular flexibility index (Phi) is 5.22. The molecule has 0 radical (unpaired) electrons. The molecule has 0 saturated carbocycles. The Morgan fingerprint density at radius 3 is 2.44 bits per heavy atom. The Morgan fingerprint density at radius 2 is 1.94 bits per heavy atom. The van der Waals surface area contributed by atoms with E-state index in [1.807, 2.05) is 39.0 Å². The van der Waals surface area contributed by atoms with Gasteiger partial charge in [0, 0.05) is 14.6 Å². The van der Waals surface area contributed by atoms with Crippen molar-refractivity contribution >= 4 is 43.5 Å². The number of nitrogens with one attached hydrogen (secondary N) is 1. The number of benzene rings is 1. The highest BCUT2D eigenvalue weighted by Gasteiger charge is 2.21. The molecule has 1 aromatic rings. The molecule has 0 bridgehead atoms. The molecule has 0 aliphatic rings. The predicted octanol–water partition coefficient (Wildman–Crippen LogP) is 4.35. The average molecular weight is 379 g/mol. The molecule has 5 heteroatoms. The number of hydrogen-bond donors (Lipinski definition) is 1. The average Bonchev–Trinajstić information content (AvgIpc) is 2.19. The van der Waals surface area contributed by atoms with Gasteiger partial charge in [0.25, 0.3) is 0 Å². The summed E-state index contributed by atoms with van der Waals surface area (Å²) in [5.74, 6) is -0.266. The molecule has 1 N–H and O–H groups in total. The Balaban J connectivity index is 2.69. The van der Waals surface area contributed by atoms with Crippen LogP contribution in [-0.4, -0.2) is 17.6 Å². The van der Waals surface area contributed by atoms with Crippen molar-refractivity contribution in [2.75, 3.05) is 5.32 Å². The molecule has 100 valence electrons. The Bertz CT molecular complexity index is 441. The van der Waals surface area contributed by atoms with Crippen LogP contribution in [0.5, 0.6) is 0 Å². The predicted molar refractivity (Wildman–Crippen MR) is 80.8 cm³/mol. The monoisotopic (exact) mass is 377 g/mol. The van der Waals surface area contributed by atoms with Gasteiger partial charge in [-0.05, 0) is 61.8 Å². The number of anilines is 1. The summed E-state index contributed by atoms with van der Waals surface area (Å²) in [5.41, 5.74) is 0.390. The molecule has 0 saturated heterocycles. The highest BCUT2D eigenvalue weighted by molar-refractivity contribution is 9.11. The van der Waals surface area contributed by atoms with Crippen LogP contribution in [0.3, 0.4) is 0 Å².